The number of ether oxygens (including phenoxy) is 2. The van der Waals surface area contributed by atoms with E-state index in [0.29, 0.717) is 22.6 Å². The van der Waals surface area contributed by atoms with E-state index in [1.165, 1.54) is 0 Å². The Balaban J connectivity index is 1.87. The first kappa shape index (κ1) is 20.3. The summed E-state index contributed by atoms with van der Waals surface area (Å²) in [6.07, 6.45) is -3.23. The second-order valence-corrected chi connectivity index (χ2v) is 6.94. The minimum atomic E-state index is -1.10. The predicted octanol–water partition coefficient (Wildman–Crippen LogP) is 1.69. The molecule has 1 fully saturated rings. The summed E-state index contributed by atoms with van der Waals surface area (Å²) in [5, 5.41) is 32.4. The third-order valence-electron chi connectivity index (χ3n) is 4.71. The van der Waals surface area contributed by atoms with E-state index < -0.39 is 24.4 Å². The Labute approximate surface area is 163 Å². The summed E-state index contributed by atoms with van der Waals surface area (Å²) >= 11 is 0. The smallest absolute Gasteiger partial charge is 0.251 e. The Morgan fingerprint density at radius 2 is 2.00 bits per heavy atom. The van der Waals surface area contributed by atoms with Crippen molar-refractivity contribution >= 4 is 5.91 Å². The van der Waals surface area contributed by atoms with Gasteiger partial charge < -0.3 is 30.1 Å². The lowest BCUT2D eigenvalue weighted by Gasteiger charge is -2.37. The van der Waals surface area contributed by atoms with Crippen LogP contribution in [-0.2, 0) is 4.74 Å². The maximum atomic E-state index is 11.8. The van der Waals surface area contributed by atoms with Crippen molar-refractivity contribution in [1.29, 1.82) is 0 Å². The zero-order chi connectivity index (χ0) is 20.3. The summed E-state index contributed by atoms with van der Waals surface area (Å²) in [4.78, 5) is 11.8. The Morgan fingerprint density at radius 1 is 1.21 bits per heavy atom. The van der Waals surface area contributed by atoms with Crippen molar-refractivity contribution in [3.05, 3.63) is 59.2 Å². The molecule has 1 heterocycles. The van der Waals surface area contributed by atoms with E-state index >= 15 is 0 Å². The van der Waals surface area contributed by atoms with Crippen LogP contribution in [0.1, 0.15) is 34.0 Å². The zero-order valence-electron chi connectivity index (χ0n) is 15.8. The van der Waals surface area contributed by atoms with Crippen molar-refractivity contribution in [3.63, 3.8) is 0 Å². The third kappa shape index (κ3) is 4.51. The first-order valence-electron chi connectivity index (χ1n) is 9.15. The molecule has 0 bridgehead atoms. The normalized spacial score (nSPS) is 24.6. The van der Waals surface area contributed by atoms with Gasteiger partial charge in [0.15, 0.2) is 0 Å². The fourth-order valence-electron chi connectivity index (χ4n) is 3.33. The maximum absolute atomic E-state index is 11.8. The number of aliphatic hydroxyl groups is 3. The molecule has 0 aromatic heterocycles. The monoisotopic (exact) mass is 387 g/mol. The van der Waals surface area contributed by atoms with Crippen LogP contribution in [0.3, 0.4) is 0 Å². The lowest BCUT2D eigenvalue weighted by molar-refractivity contribution is -0.179. The highest BCUT2D eigenvalue weighted by molar-refractivity contribution is 5.94. The molecule has 28 heavy (non-hydrogen) atoms. The lowest BCUT2D eigenvalue weighted by atomic mass is 9.92. The topological polar surface area (TPSA) is 108 Å². The largest absolute Gasteiger partial charge is 0.457 e. The van der Waals surface area contributed by atoms with Gasteiger partial charge in [0, 0.05) is 19.0 Å². The van der Waals surface area contributed by atoms with Crippen molar-refractivity contribution in [2.45, 2.75) is 37.8 Å². The first-order valence-corrected chi connectivity index (χ1v) is 9.15. The Hall–Kier alpha value is -2.45. The summed E-state index contributed by atoms with van der Waals surface area (Å²) < 4.78 is 11.7. The Morgan fingerprint density at radius 3 is 2.71 bits per heavy atom. The molecule has 1 aliphatic heterocycles. The summed E-state index contributed by atoms with van der Waals surface area (Å²) in [5.74, 6) is 0.801. The van der Waals surface area contributed by atoms with Gasteiger partial charge in [0.05, 0.1) is 18.8 Å². The summed E-state index contributed by atoms with van der Waals surface area (Å²) in [6.45, 7) is 1.65. The van der Waals surface area contributed by atoms with Gasteiger partial charge in [-0.2, -0.15) is 0 Å². The molecule has 0 saturated carbocycles. The fraction of sp³-hybridized carbons (Fsp3) is 0.381. The van der Waals surface area contributed by atoms with Crippen molar-refractivity contribution in [2.75, 3.05) is 13.7 Å². The van der Waals surface area contributed by atoms with Gasteiger partial charge in [-0.3, -0.25) is 4.79 Å². The molecule has 4 unspecified atom stereocenters. The molecule has 4 atom stereocenters. The third-order valence-corrected chi connectivity index (χ3v) is 4.71. The molecule has 2 aromatic rings. The van der Waals surface area contributed by atoms with Crippen LogP contribution < -0.4 is 10.1 Å². The lowest BCUT2D eigenvalue weighted by Crippen LogP contribution is -2.44. The Bertz CT molecular complexity index is 839. The van der Waals surface area contributed by atoms with Gasteiger partial charge in [-0.05, 0) is 48.4 Å². The molecule has 7 nitrogen and oxygen atoms in total. The fourth-order valence-corrected chi connectivity index (χ4v) is 3.33. The molecule has 3 rings (SSSR count). The van der Waals surface area contributed by atoms with Gasteiger partial charge in [-0.1, -0.05) is 12.1 Å². The van der Waals surface area contributed by atoms with Gasteiger partial charge in [-0.15, -0.1) is 0 Å². The maximum Gasteiger partial charge on any atom is 0.251 e. The number of carbonyl (C=O) groups excluding carboxylic acids is 1. The van der Waals surface area contributed by atoms with Crippen LogP contribution in [-0.4, -0.2) is 53.2 Å². The minimum Gasteiger partial charge on any atom is -0.457 e. The van der Waals surface area contributed by atoms with Crippen molar-refractivity contribution in [2.24, 2.45) is 0 Å². The summed E-state index contributed by atoms with van der Waals surface area (Å²) in [5.41, 5.74) is 2.00. The van der Waals surface area contributed by atoms with Crippen LogP contribution in [0.2, 0.25) is 0 Å². The van der Waals surface area contributed by atoms with Crippen molar-refractivity contribution in [3.8, 4) is 11.5 Å². The summed E-state index contributed by atoms with van der Waals surface area (Å²) in [7, 11) is 1.56. The van der Waals surface area contributed by atoms with E-state index in [2.05, 4.69) is 5.32 Å². The zero-order valence-corrected chi connectivity index (χ0v) is 15.8. The van der Waals surface area contributed by atoms with Crippen molar-refractivity contribution in [1.82, 2.24) is 5.32 Å². The van der Waals surface area contributed by atoms with Crippen LogP contribution in [0.15, 0.2) is 42.5 Å². The first-order chi connectivity index (χ1) is 13.4. The number of amides is 1. The van der Waals surface area contributed by atoms with E-state index in [9.17, 15) is 20.1 Å². The highest BCUT2D eigenvalue weighted by Crippen LogP contribution is 2.35. The van der Waals surface area contributed by atoms with Gasteiger partial charge in [0.1, 0.15) is 23.7 Å². The van der Waals surface area contributed by atoms with Crippen LogP contribution in [0.25, 0.3) is 0 Å². The van der Waals surface area contributed by atoms with Gasteiger partial charge in [0.25, 0.3) is 5.91 Å². The molecule has 1 amide bonds. The van der Waals surface area contributed by atoms with Crippen LogP contribution in [0.5, 0.6) is 11.5 Å². The van der Waals surface area contributed by atoms with E-state index in [4.69, 9.17) is 9.47 Å². The van der Waals surface area contributed by atoms with Crippen LogP contribution >= 0.6 is 0 Å². The molecule has 0 radical (unpaired) electrons. The van der Waals surface area contributed by atoms with Gasteiger partial charge in [0.2, 0.25) is 0 Å². The number of aliphatic hydroxyl groups excluding tert-OH is 3. The highest BCUT2D eigenvalue weighted by atomic mass is 16.5. The minimum absolute atomic E-state index is 0.176. The number of rotatable bonds is 5. The molecule has 1 aliphatic rings. The number of carbonyl (C=O) groups is 1. The van der Waals surface area contributed by atoms with E-state index in [1.807, 2.05) is 19.1 Å². The number of aryl methyl sites for hydroxylation is 1. The quantitative estimate of drug-likeness (QED) is 0.622. The average Bonchev–Trinajstić information content (AvgIpc) is 2.69. The molecule has 1 saturated heterocycles. The van der Waals surface area contributed by atoms with E-state index in [0.717, 1.165) is 5.56 Å². The standard InChI is InChI=1S/C21H25NO6/c1-12-6-14(20-19(25)18(24)10-17(11-23)28-20)9-16(7-12)27-15-5-3-4-13(8-15)21(26)22-2/h3-9,17-20,23-25H,10-11H2,1-2H3,(H,22,26). The molecule has 7 heteroatoms. The number of hydrogen-bond acceptors (Lipinski definition) is 6. The van der Waals surface area contributed by atoms with Crippen LogP contribution in [0.4, 0.5) is 0 Å². The van der Waals surface area contributed by atoms with E-state index in [-0.39, 0.29) is 18.9 Å². The molecule has 2 aromatic carbocycles. The predicted molar refractivity (Wildman–Crippen MR) is 102 cm³/mol. The molecular formula is C21H25NO6. The second kappa shape index (κ2) is 8.70. The molecular weight excluding hydrogens is 362 g/mol. The van der Waals surface area contributed by atoms with Crippen molar-refractivity contribution < 1.29 is 29.6 Å². The molecule has 4 N–H and O–H groups in total. The average molecular weight is 387 g/mol. The van der Waals surface area contributed by atoms with Crippen LogP contribution in [0, 0.1) is 6.92 Å². The van der Waals surface area contributed by atoms with Gasteiger partial charge in [-0.25, -0.2) is 0 Å². The van der Waals surface area contributed by atoms with Gasteiger partial charge >= 0.3 is 0 Å². The highest BCUT2D eigenvalue weighted by Gasteiger charge is 2.37. The molecule has 0 aliphatic carbocycles. The Kier molecular flexibility index (Phi) is 6.31. The number of hydrogen-bond donors (Lipinski definition) is 4. The number of benzene rings is 2. The SMILES string of the molecule is CNC(=O)c1cccc(Oc2cc(C)cc(C3OC(CO)CC(O)C3O)c2)c1. The molecule has 150 valence electrons. The van der Waals surface area contributed by atoms with E-state index in [1.54, 1.807) is 37.4 Å². The molecule has 0 spiro atoms. The summed E-state index contributed by atoms with van der Waals surface area (Å²) in [6, 6.07) is 12.2. The number of nitrogens with one attached hydrogen (secondary N) is 1. The second-order valence-electron chi connectivity index (χ2n) is 6.94.